The van der Waals surface area contributed by atoms with Gasteiger partial charge in [0.05, 0.1) is 22.1 Å². The van der Waals surface area contributed by atoms with E-state index in [-0.39, 0.29) is 0 Å². The molecule has 0 saturated heterocycles. The van der Waals surface area contributed by atoms with Gasteiger partial charge in [-0.1, -0.05) is 12.1 Å². The third-order valence-corrected chi connectivity index (χ3v) is 3.99. The van der Waals surface area contributed by atoms with Crippen LogP contribution in [-0.2, 0) is 12.8 Å². The van der Waals surface area contributed by atoms with Crippen LogP contribution in [0.3, 0.4) is 0 Å². The summed E-state index contributed by atoms with van der Waals surface area (Å²) in [4.78, 5) is 17.9. The lowest BCUT2D eigenvalue weighted by molar-refractivity contribution is 1.22. The van der Waals surface area contributed by atoms with E-state index in [1.54, 1.807) is 12.7 Å². The van der Waals surface area contributed by atoms with Crippen LogP contribution in [-0.4, -0.2) is 19.9 Å². The van der Waals surface area contributed by atoms with Crippen molar-refractivity contribution in [1.29, 1.82) is 0 Å². The number of hydrogen-bond acceptors (Lipinski definition) is 4. The fourth-order valence-corrected chi connectivity index (χ4v) is 2.84. The number of hydrogen-bond donors (Lipinski definition) is 0. The van der Waals surface area contributed by atoms with Gasteiger partial charge >= 0.3 is 0 Å². The quantitative estimate of drug-likeness (QED) is 0.428. The molecule has 2 aromatic carbocycles. The summed E-state index contributed by atoms with van der Waals surface area (Å²) < 4.78 is 0. The molecule has 0 radical (unpaired) electrons. The zero-order valence-corrected chi connectivity index (χ0v) is 10.7. The van der Waals surface area contributed by atoms with E-state index in [0.29, 0.717) is 0 Å². The fourth-order valence-electron chi connectivity index (χ4n) is 2.84. The molecule has 4 nitrogen and oxygen atoms in total. The van der Waals surface area contributed by atoms with E-state index in [0.717, 1.165) is 34.9 Å². The topological polar surface area (TPSA) is 51.6 Å². The zero-order chi connectivity index (χ0) is 13.1. The van der Waals surface area contributed by atoms with Gasteiger partial charge < -0.3 is 0 Å². The van der Waals surface area contributed by atoms with Crippen molar-refractivity contribution in [2.45, 2.75) is 12.8 Å². The monoisotopic (exact) mass is 258 g/mol. The minimum absolute atomic E-state index is 0.818. The summed E-state index contributed by atoms with van der Waals surface area (Å²) >= 11 is 0. The molecule has 0 spiro atoms. The molecule has 0 atom stereocenters. The highest BCUT2D eigenvalue weighted by molar-refractivity contribution is 5.93. The Kier molecular flexibility index (Phi) is 1.77. The standard InChI is InChI=1S/C16H10N4/c1-2-4-14-13(3-1)17-7-19-15-11-5-9(11)10-6-12(10)16(15)20-8-18-14/h1-4,7-8H,5-6H2. The van der Waals surface area contributed by atoms with Gasteiger partial charge in [0.2, 0.25) is 0 Å². The van der Waals surface area contributed by atoms with Crippen molar-refractivity contribution in [1.82, 2.24) is 19.9 Å². The van der Waals surface area contributed by atoms with Gasteiger partial charge in [-0.25, -0.2) is 19.9 Å². The third kappa shape index (κ3) is 1.36. The lowest BCUT2D eigenvalue weighted by Crippen LogP contribution is -1.82. The van der Waals surface area contributed by atoms with Crippen molar-refractivity contribution in [3.63, 3.8) is 0 Å². The molecule has 0 saturated carbocycles. The highest BCUT2D eigenvalue weighted by atomic mass is 14.9. The maximum atomic E-state index is 4.55. The normalized spacial score (nSPS) is 13.6. The number of para-hydroxylation sites is 2. The Morgan fingerprint density at radius 1 is 0.600 bits per heavy atom. The number of fused-ring (bicyclic) bond motifs is 7. The molecule has 0 aliphatic heterocycles. The van der Waals surface area contributed by atoms with Gasteiger partial charge in [0.25, 0.3) is 0 Å². The Morgan fingerprint density at radius 3 is 1.60 bits per heavy atom. The second-order valence-corrected chi connectivity index (χ2v) is 5.20. The SMILES string of the molecule is c1ccc2ncnc3c4c(c5c(c3ncnc2c1)C5)C4. The summed E-state index contributed by atoms with van der Waals surface area (Å²) in [6.45, 7) is 0. The third-order valence-electron chi connectivity index (χ3n) is 3.99. The molecule has 4 heteroatoms. The van der Waals surface area contributed by atoms with Crippen LogP contribution in [0, 0.1) is 0 Å². The molecule has 1 aromatic heterocycles. The maximum Gasteiger partial charge on any atom is 0.116 e. The van der Waals surface area contributed by atoms with Gasteiger partial charge in [0, 0.05) is 12.8 Å². The summed E-state index contributed by atoms with van der Waals surface area (Å²) in [6, 6.07) is 7.76. The lowest BCUT2D eigenvalue weighted by atomic mass is 10.3. The first-order valence-electron chi connectivity index (χ1n) is 6.67. The minimum atomic E-state index is 0.818. The van der Waals surface area contributed by atoms with Gasteiger partial charge in [-0.2, -0.15) is 0 Å². The Labute approximate surface area is 114 Å². The van der Waals surface area contributed by atoms with E-state index < -0.39 is 0 Å². The zero-order valence-electron chi connectivity index (χ0n) is 10.7. The average Bonchev–Trinajstić information content (AvgIpc) is 3.34. The van der Waals surface area contributed by atoms with Gasteiger partial charge in [-0.3, -0.25) is 0 Å². The second-order valence-electron chi connectivity index (χ2n) is 5.20. The first-order valence-corrected chi connectivity index (χ1v) is 6.67. The summed E-state index contributed by atoms with van der Waals surface area (Å²) in [5.74, 6) is 0. The first-order chi connectivity index (χ1) is 9.92. The van der Waals surface area contributed by atoms with Gasteiger partial charge in [-0.15, -0.1) is 0 Å². The predicted octanol–water partition coefficient (Wildman–Crippen LogP) is 2.51. The van der Waals surface area contributed by atoms with Crippen LogP contribution >= 0.6 is 0 Å². The van der Waals surface area contributed by atoms with Crippen molar-refractivity contribution in [3.8, 4) is 0 Å². The summed E-state index contributed by atoms with van der Waals surface area (Å²) in [6.07, 6.45) is 5.39. The van der Waals surface area contributed by atoms with E-state index in [9.17, 15) is 0 Å². The molecular weight excluding hydrogens is 248 g/mol. The van der Waals surface area contributed by atoms with Crippen LogP contribution in [0.2, 0.25) is 0 Å². The number of rotatable bonds is 0. The van der Waals surface area contributed by atoms with E-state index in [4.69, 9.17) is 0 Å². The molecular formula is C16H10N4. The van der Waals surface area contributed by atoms with E-state index in [1.807, 2.05) is 24.3 Å². The highest BCUT2D eigenvalue weighted by Crippen LogP contribution is 2.47. The Bertz CT molecular complexity index is 883. The second kappa shape index (κ2) is 3.48. The smallest absolute Gasteiger partial charge is 0.116 e. The molecule has 2 aliphatic carbocycles. The summed E-state index contributed by atoms with van der Waals surface area (Å²) in [7, 11) is 0. The lowest BCUT2D eigenvalue weighted by Gasteiger charge is -1.91. The van der Waals surface area contributed by atoms with Gasteiger partial charge in [-0.05, 0) is 34.4 Å². The van der Waals surface area contributed by atoms with Crippen molar-refractivity contribution in [2.24, 2.45) is 0 Å². The van der Waals surface area contributed by atoms with Crippen LogP contribution in [0.25, 0.3) is 22.1 Å². The molecule has 94 valence electrons. The van der Waals surface area contributed by atoms with Crippen molar-refractivity contribution < 1.29 is 0 Å². The Morgan fingerprint density at radius 2 is 1.10 bits per heavy atom. The van der Waals surface area contributed by atoms with Crippen LogP contribution < -0.4 is 0 Å². The van der Waals surface area contributed by atoms with Crippen LogP contribution in [0.4, 0.5) is 0 Å². The Balaban J connectivity index is 1.91. The highest BCUT2D eigenvalue weighted by Gasteiger charge is 2.36. The van der Waals surface area contributed by atoms with Crippen molar-refractivity contribution in [2.75, 3.05) is 0 Å². The van der Waals surface area contributed by atoms with Crippen LogP contribution in [0.5, 0.6) is 0 Å². The molecule has 3 aromatic rings. The van der Waals surface area contributed by atoms with Crippen LogP contribution in [0.1, 0.15) is 22.3 Å². The molecule has 1 heterocycles. The molecule has 0 amide bonds. The van der Waals surface area contributed by atoms with E-state index in [2.05, 4.69) is 19.9 Å². The Hall–Kier alpha value is -2.62. The number of nitrogens with zero attached hydrogens (tertiary/aromatic N) is 4. The van der Waals surface area contributed by atoms with Gasteiger partial charge in [0.15, 0.2) is 0 Å². The van der Waals surface area contributed by atoms with Crippen LogP contribution in [0.15, 0.2) is 36.9 Å². The predicted molar refractivity (Wildman–Crippen MR) is 75.9 cm³/mol. The molecule has 0 unspecified atom stereocenters. The minimum Gasteiger partial charge on any atom is -0.235 e. The van der Waals surface area contributed by atoms with E-state index in [1.165, 1.54) is 22.3 Å². The van der Waals surface area contributed by atoms with Crippen molar-refractivity contribution in [3.05, 3.63) is 59.2 Å². The molecule has 0 bridgehead atoms. The number of aromatic nitrogens is 4. The maximum absolute atomic E-state index is 4.55. The summed E-state index contributed by atoms with van der Waals surface area (Å²) in [5, 5.41) is 0. The summed E-state index contributed by atoms with van der Waals surface area (Å²) in [5.41, 5.74) is 9.28. The fraction of sp³-hybridized carbons (Fsp3) is 0.125. The van der Waals surface area contributed by atoms with E-state index >= 15 is 0 Å². The first kappa shape index (κ1) is 10.2. The number of benzene rings is 2. The molecule has 2 aliphatic rings. The van der Waals surface area contributed by atoms with Crippen molar-refractivity contribution >= 4 is 22.1 Å². The average molecular weight is 258 g/mol. The largest absolute Gasteiger partial charge is 0.235 e. The molecule has 5 rings (SSSR count). The molecule has 0 N–H and O–H groups in total. The van der Waals surface area contributed by atoms with Gasteiger partial charge in [0.1, 0.15) is 12.7 Å². The molecule has 20 heavy (non-hydrogen) atoms. The molecule has 0 fully saturated rings.